The van der Waals surface area contributed by atoms with Crippen molar-refractivity contribution in [3.8, 4) is 0 Å². The maximum absolute atomic E-state index is 12.6. The third kappa shape index (κ3) is 2.41. The van der Waals surface area contributed by atoms with Gasteiger partial charge >= 0.3 is 0 Å². The van der Waals surface area contributed by atoms with Crippen molar-refractivity contribution in [3.05, 3.63) is 23.8 Å². The third-order valence-corrected chi connectivity index (χ3v) is 3.24. The fraction of sp³-hybridized carbons (Fsp3) is 0.429. The van der Waals surface area contributed by atoms with E-state index in [4.69, 9.17) is 5.73 Å². The van der Waals surface area contributed by atoms with E-state index in [1.54, 1.807) is 30.0 Å². The van der Waals surface area contributed by atoms with Crippen molar-refractivity contribution in [1.29, 1.82) is 0 Å². The average molecular weight is 261 g/mol. The van der Waals surface area contributed by atoms with E-state index >= 15 is 0 Å². The molecule has 0 saturated carbocycles. The molecule has 1 unspecified atom stereocenters. The number of carbonyl (C=O) groups is 2. The largest absolute Gasteiger partial charge is 0.398 e. The second kappa shape index (κ2) is 4.91. The van der Waals surface area contributed by atoms with Gasteiger partial charge in [-0.1, -0.05) is 19.9 Å². The first-order valence-corrected chi connectivity index (χ1v) is 6.42. The molecular formula is C14H19N3O2. The van der Waals surface area contributed by atoms with Crippen LogP contribution in [0.5, 0.6) is 0 Å². The molecule has 5 heteroatoms. The van der Waals surface area contributed by atoms with E-state index in [1.807, 2.05) is 13.8 Å². The Morgan fingerprint density at radius 2 is 2.05 bits per heavy atom. The van der Waals surface area contributed by atoms with E-state index in [2.05, 4.69) is 5.32 Å². The molecule has 0 fully saturated rings. The Hall–Kier alpha value is -2.04. The Bertz CT molecular complexity index is 525. The summed E-state index contributed by atoms with van der Waals surface area (Å²) < 4.78 is 0. The van der Waals surface area contributed by atoms with Gasteiger partial charge in [0.15, 0.2) is 0 Å². The number of fused-ring (bicyclic) bond motifs is 1. The maximum atomic E-state index is 12.6. The number of carbonyl (C=O) groups excluding carboxylic acids is 2. The zero-order valence-electron chi connectivity index (χ0n) is 11.4. The molecule has 1 aliphatic rings. The number of hydrogen-bond donors (Lipinski definition) is 2. The highest BCUT2D eigenvalue weighted by Crippen LogP contribution is 2.28. The van der Waals surface area contributed by atoms with Crippen LogP contribution < -0.4 is 11.1 Å². The highest BCUT2D eigenvalue weighted by Gasteiger charge is 2.33. The maximum Gasteiger partial charge on any atom is 0.258 e. The zero-order valence-corrected chi connectivity index (χ0v) is 11.4. The van der Waals surface area contributed by atoms with Crippen molar-refractivity contribution in [1.82, 2.24) is 4.90 Å². The normalized spacial score (nSPS) is 19.2. The van der Waals surface area contributed by atoms with Crippen molar-refractivity contribution < 1.29 is 9.59 Å². The summed E-state index contributed by atoms with van der Waals surface area (Å²) in [5.41, 5.74) is 7.16. The van der Waals surface area contributed by atoms with Gasteiger partial charge in [0, 0.05) is 12.2 Å². The van der Waals surface area contributed by atoms with Crippen LogP contribution >= 0.6 is 0 Å². The van der Waals surface area contributed by atoms with Gasteiger partial charge in [0.2, 0.25) is 5.91 Å². The van der Waals surface area contributed by atoms with Gasteiger partial charge < -0.3 is 16.0 Å². The van der Waals surface area contributed by atoms with Gasteiger partial charge in [0.05, 0.1) is 11.3 Å². The van der Waals surface area contributed by atoms with Crippen molar-refractivity contribution >= 4 is 23.2 Å². The van der Waals surface area contributed by atoms with Crippen LogP contribution in [0.2, 0.25) is 0 Å². The fourth-order valence-corrected chi connectivity index (χ4v) is 2.25. The van der Waals surface area contributed by atoms with E-state index in [-0.39, 0.29) is 17.7 Å². The van der Waals surface area contributed by atoms with Gasteiger partial charge in [0.1, 0.15) is 6.04 Å². The average Bonchev–Trinajstić information content (AvgIpc) is 2.41. The van der Waals surface area contributed by atoms with Crippen LogP contribution in [0.15, 0.2) is 18.2 Å². The molecule has 1 aromatic carbocycles. The number of anilines is 2. The Morgan fingerprint density at radius 3 is 2.68 bits per heavy atom. The molecule has 2 rings (SSSR count). The minimum Gasteiger partial charge on any atom is -0.398 e. The number of benzene rings is 1. The minimum absolute atomic E-state index is 0.182. The van der Waals surface area contributed by atoms with Gasteiger partial charge in [0.25, 0.3) is 5.91 Å². The third-order valence-electron chi connectivity index (χ3n) is 3.24. The molecule has 0 saturated heterocycles. The Balaban J connectivity index is 2.51. The summed E-state index contributed by atoms with van der Waals surface area (Å²) in [6.07, 6.45) is 0. The molecule has 102 valence electrons. The monoisotopic (exact) mass is 261 g/mol. The van der Waals surface area contributed by atoms with Crippen LogP contribution in [0.3, 0.4) is 0 Å². The first-order chi connectivity index (χ1) is 8.91. The highest BCUT2D eigenvalue weighted by molar-refractivity contribution is 6.12. The topological polar surface area (TPSA) is 75.4 Å². The summed E-state index contributed by atoms with van der Waals surface area (Å²) in [6, 6.07) is 4.60. The van der Waals surface area contributed by atoms with Crippen LogP contribution in [0.25, 0.3) is 0 Å². The van der Waals surface area contributed by atoms with E-state index in [1.165, 1.54) is 0 Å². The lowest BCUT2D eigenvalue weighted by atomic mass is 10.1. The van der Waals surface area contributed by atoms with Crippen molar-refractivity contribution in [2.75, 3.05) is 17.6 Å². The SMILES string of the molecule is CC(C)CN1C(=O)c2c(N)cccc2NC(=O)C1C. The lowest BCUT2D eigenvalue weighted by molar-refractivity contribution is -0.120. The fourth-order valence-electron chi connectivity index (χ4n) is 2.25. The van der Waals surface area contributed by atoms with E-state index in [9.17, 15) is 9.59 Å². The lowest BCUT2D eigenvalue weighted by Gasteiger charge is -2.27. The Kier molecular flexibility index (Phi) is 3.46. The number of amides is 2. The first kappa shape index (κ1) is 13.4. The Labute approximate surface area is 112 Å². The highest BCUT2D eigenvalue weighted by atomic mass is 16.2. The molecular weight excluding hydrogens is 242 g/mol. The molecule has 0 aliphatic carbocycles. The molecule has 3 N–H and O–H groups in total. The number of nitrogens with one attached hydrogen (secondary N) is 1. The van der Waals surface area contributed by atoms with Crippen LogP contribution in [0, 0.1) is 5.92 Å². The molecule has 1 aromatic rings. The number of nitrogens with two attached hydrogens (primary N) is 1. The molecule has 19 heavy (non-hydrogen) atoms. The summed E-state index contributed by atoms with van der Waals surface area (Å²) in [5.74, 6) is -0.0864. The van der Waals surface area contributed by atoms with Gasteiger partial charge in [-0.05, 0) is 25.0 Å². The van der Waals surface area contributed by atoms with E-state index in [0.717, 1.165) is 0 Å². The molecule has 0 bridgehead atoms. The van der Waals surface area contributed by atoms with Crippen LogP contribution in [0.1, 0.15) is 31.1 Å². The van der Waals surface area contributed by atoms with E-state index < -0.39 is 6.04 Å². The molecule has 1 heterocycles. The van der Waals surface area contributed by atoms with Crippen LogP contribution in [-0.4, -0.2) is 29.3 Å². The molecule has 0 aromatic heterocycles. The number of nitrogen functional groups attached to an aromatic ring is 1. The molecule has 0 spiro atoms. The zero-order chi connectivity index (χ0) is 14.2. The predicted molar refractivity (Wildman–Crippen MR) is 74.8 cm³/mol. The quantitative estimate of drug-likeness (QED) is 0.796. The van der Waals surface area contributed by atoms with Crippen molar-refractivity contribution in [3.63, 3.8) is 0 Å². The second-order valence-corrected chi connectivity index (χ2v) is 5.29. The molecule has 5 nitrogen and oxygen atoms in total. The Morgan fingerprint density at radius 1 is 1.37 bits per heavy atom. The van der Waals surface area contributed by atoms with Crippen molar-refractivity contribution in [2.24, 2.45) is 5.92 Å². The molecule has 1 aliphatic heterocycles. The summed E-state index contributed by atoms with van der Waals surface area (Å²) in [5, 5.41) is 2.77. The summed E-state index contributed by atoms with van der Waals surface area (Å²) in [6.45, 7) is 6.29. The second-order valence-electron chi connectivity index (χ2n) is 5.29. The van der Waals surface area contributed by atoms with Gasteiger partial charge in [-0.15, -0.1) is 0 Å². The van der Waals surface area contributed by atoms with Crippen LogP contribution in [-0.2, 0) is 4.79 Å². The van der Waals surface area contributed by atoms with Crippen LogP contribution in [0.4, 0.5) is 11.4 Å². The molecule has 1 atom stereocenters. The smallest absolute Gasteiger partial charge is 0.258 e. The lowest BCUT2D eigenvalue weighted by Crippen LogP contribution is -2.45. The molecule has 2 amide bonds. The number of rotatable bonds is 2. The number of hydrogen-bond acceptors (Lipinski definition) is 3. The standard InChI is InChI=1S/C14H19N3O2/c1-8(2)7-17-9(3)13(18)16-11-6-4-5-10(15)12(11)14(17)19/h4-6,8-9H,7,15H2,1-3H3,(H,16,18). The summed E-state index contributed by atoms with van der Waals surface area (Å²) in [4.78, 5) is 26.3. The minimum atomic E-state index is -0.498. The van der Waals surface area contributed by atoms with Gasteiger partial charge in [-0.2, -0.15) is 0 Å². The summed E-state index contributed by atoms with van der Waals surface area (Å²) in [7, 11) is 0. The van der Waals surface area contributed by atoms with Crippen molar-refractivity contribution in [2.45, 2.75) is 26.8 Å². The first-order valence-electron chi connectivity index (χ1n) is 6.42. The molecule has 0 radical (unpaired) electrons. The van der Waals surface area contributed by atoms with Gasteiger partial charge in [-0.3, -0.25) is 9.59 Å². The number of nitrogens with zero attached hydrogens (tertiary/aromatic N) is 1. The van der Waals surface area contributed by atoms with E-state index in [0.29, 0.717) is 23.5 Å². The summed E-state index contributed by atoms with van der Waals surface area (Å²) >= 11 is 0. The van der Waals surface area contributed by atoms with Gasteiger partial charge in [-0.25, -0.2) is 0 Å². The predicted octanol–water partition coefficient (Wildman–Crippen LogP) is 1.71.